The van der Waals surface area contributed by atoms with E-state index in [2.05, 4.69) is 45.1 Å². The number of nitrogens with one attached hydrogen (secondary N) is 1. The van der Waals surface area contributed by atoms with Gasteiger partial charge in [0.2, 0.25) is 0 Å². The monoisotopic (exact) mass is 373 g/mol. The Morgan fingerprint density at radius 2 is 2.15 bits per heavy atom. The number of fused-ring (bicyclic) bond motifs is 1. The number of rotatable bonds is 5. The highest BCUT2D eigenvalue weighted by Gasteiger charge is 2.26. The summed E-state index contributed by atoms with van der Waals surface area (Å²) in [4.78, 5) is 19.4. The number of carbonyl (C=O) groups is 1. The summed E-state index contributed by atoms with van der Waals surface area (Å²) in [5.41, 5.74) is 1.26. The maximum atomic E-state index is 12.2. The molecule has 2 aliphatic rings. The lowest BCUT2D eigenvalue weighted by Gasteiger charge is -2.33. The van der Waals surface area contributed by atoms with Crippen LogP contribution in [-0.4, -0.2) is 51.8 Å². The van der Waals surface area contributed by atoms with E-state index < -0.39 is 0 Å². The molecule has 0 saturated carbocycles. The molecule has 1 fully saturated rings. The molecule has 0 spiro atoms. The van der Waals surface area contributed by atoms with Gasteiger partial charge in [-0.3, -0.25) is 9.58 Å². The first-order chi connectivity index (χ1) is 12.7. The minimum absolute atomic E-state index is 0.0879. The summed E-state index contributed by atoms with van der Waals surface area (Å²) >= 11 is 1.88. The lowest BCUT2D eigenvalue weighted by molar-refractivity contribution is 0.161. The maximum absolute atomic E-state index is 12.2. The van der Waals surface area contributed by atoms with Crippen molar-refractivity contribution in [1.29, 1.82) is 0 Å². The van der Waals surface area contributed by atoms with Gasteiger partial charge < -0.3 is 10.2 Å². The third-order valence-electron chi connectivity index (χ3n) is 5.28. The minimum atomic E-state index is 0.0879. The first kappa shape index (κ1) is 17.5. The summed E-state index contributed by atoms with van der Waals surface area (Å²) in [6, 6.07) is 6.94. The van der Waals surface area contributed by atoms with E-state index in [1.54, 1.807) is 0 Å². The summed E-state index contributed by atoms with van der Waals surface area (Å²) in [7, 11) is 0. The van der Waals surface area contributed by atoms with Crippen molar-refractivity contribution in [1.82, 2.24) is 24.9 Å². The van der Waals surface area contributed by atoms with E-state index in [1.165, 1.54) is 15.4 Å². The number of hydrogen-bond acceptors (Lipinski definition) is 4. The van der Waals surface area contributed by atoms with E-state index in [4.69, 9.17) is 0 Å². The highest BCUT2D eigenvalue weighted by molar-refractivity contribution is 7.11. The molecule has 1 saturated heterocycles. The molecule has 1 N–H and O–H groups in total. The second-order valence-electron chi connectivity index (χ2n) is 7.32. The lowest BCUT2D eigenvalue weighted by Crippen LogP contribution is -2.41. The van der Waals surface area contributed by atoms with E-state index >= 15 is 0 Å². The van der Waals surface area contributed by atoms with E-state index in [1.807, 2.05) is 22.4 Å². The number of thiophene rings is 1. The van der Waals surface area contributed by atoms with Crippen molar-refractivity contribution in [2.45, 2.75) is 45.3 Å². The van der Waals surface area contributed by atoms with Gasteiger partial charge in [0, 0.05) is 55.2 Å². The van der Waals surface area contributed by atoms with Gasteiger partial charge in [0.05, 0.1) is 11.7 Å². The molecule has 2 aromatic rings. The molecule has 1 atom stereocenters. The maximum Gasteiger partial charge on any atom is 0.317 e. The van der Waals surface area contributed by atoms with Gasteiger partial charge in [-0.25, -0.2) is 4.79 Å². The molecule has 0 bridgehead atoms. The summed E-state index contributed by atoms with van der Waals surface area (Å²) in [5.74, 6) is 0. The van der Waals surface area contributed by atoms with Crippen molar-refractivity contribution in [2.24, 2.45) is 0 Å². The molecule has 7 heteroatoms. The van der Waals surface area contributed by atoms with Crippen LogP contribution in [0.3, 0.4) is 0 Å². The fourth-order valence-corrected chi connectivity index (χ4v) is 4.90. The van der Waals surface area contributed by atoms with Crippen LogP contribution in [0, 0.1) is 6.92 Å². The number of aromatic nitrogens is 2. The van der Waals surface area contributed by atoms with E-state index in [9.17, 15) is 4.79 Å². The summed E-state index contributed by atoms with van der Waals surface area (Å²) in [6.07, 6.45) is 5.06. The zero-order valence-corrected chi connectivity index (χ0v) is 16.2. The largest absolute Gasteiger partial charge is 0.338 e. The van der Waals surface area contributed by atoms with E-state index in [0.29, 0.717) is 12.6 Å². The van der Waals surface area contributed by atoms with Crippen LogP contribution in [0.25, 0.3) is 0 Å². The molecular weight excluding hydrogens is 346 g/mol. The van der Waals surface area contributed by atoms with Crippen LogP contribution in [-0.2, 0) is 13.1 Å². The molecule has 0 aliphatic carbocycles. The Bertz CT molecular complexity index is 749. The number of nitrogens with zero attached hydrogens (tertiary/aromatic N) is 4. The van der Waals surface area contributed by atoms with Crippen LogP contribution in [0.5, 0.6) is 0 Å². The molecule has 26 heavy (non-hydrogen) atoms. The van der Waals surface area contributed by atoms with E-state index in [0.717, 1.165) is 52.0 Å². The second-order valence-corrected chi connectivity index (χ2v) is 8.69. The molecule has 0 unspecified atom stereocenters. The second kappa shape index (κ2) is 7.80. The first-order valence-electron chi connectivity index (χ1n) is 9.52. The zero-order valence-electron chi connectivity index (χ0n) is 15.4. The highest BCUT2D eigenvalue weighted by Crippen LogP contribution is 2.26. The van der Waals surface area contributed by atoms with Crippen molar-refractivity contribution in [3.8, 4) is 0 Å². The Kier molecular flexibility index (Phi) is 5.26. The predicted molar refractivity (Wildman–Crippen MR) is 103 cm³/mol. The van der Waals surface area contributed by atoms with Crippen LogP contribution in [0.4, 0.5) is 4.79 Å². The smallest absolute Gasteiger partial charge is 0.317 e. The standard InChI is InChI=1S/C19H27N5OS/c1-15-4-5-18(26-15)14-22-12-16(24-17(13-22)7-9-21-24)6-8-20-19(25)23-10-2-3-11-23/h4-5,7,9,16H,2-3,6,8,10-14H2,1H3,(H,20,25)/t16-/m1/s1. The number of aryl methyl sites for hydroxylation is 1. The normalized spacial score (nSPS) is 20.3. The number of urea groups is 1. The molecule has 2 aromatic heterocycles. The van der Waals surface area contributed by atoms with Gasteiger partial charge in [0.25, 0.3) is 0 Å². The van der Waals surface area contributed by atoms with Gasteiger partial charge in [0.1, 0.15) is 0 Å². The Morgan fingerprint density at radius 3 is 2.92 bits per heavy atom. The minimum Gasteiger partial charge on any atom is -0.338 e. The number of hydrogen-bond donors (Lipinski definition) is 1. The molecule has 4 rings (SSSR count). The average molecular weight is 374 g/mol. The zero-order chi connectivity index (χ0) is 17.9. The number of carbonyl (C=O) groups excluding carboxylic acids is 1. The number of likely N-dealkylation sites (tertiary alicyclic amines) is 1. The Balaban J connectivity index is 1.34. The van der Waals surface area contributed by atoms with Crippen LogP contribution in [0.1, 0.15) is 40.8 Å². The fraction of sp³-hybridized carbons (Fsp3) is 0.579. The van der Waals surface area contributed by atoms with Crippen LogP contribution in [0.2, 0.25) is 0 Å². The topological polar surface area (TPSA) is 53.4 Å². The van der Waals surface area contributed by atoms with E-state index in [-0.39, 0.29) is 6.03 Å². The molecule has 0 radical (unpaired) electrons. The lowest BCUT2D eigenvalue weighted by atomic mass is 10.1. The van der Waals surface area contributed by atoms with Crippen LogP contribution in [0.15, 0.2) is 24.4 Å². The van der Waals surface area contributed by atoms with Gasteiger partial charge in [-0.1, -0.05) is 0 Å². The van der Waals surface area contributed by atoms with Crippen molar-refractivity contribution in [3.63, 3.8) is 0 Å². The summed E-state index contributed by atoms with van der Waals surface area (Å²) in [5, 5.41) is 7.62. The third kappa shape index (κ3) is 3.94. The molecule has 2 amide bonds. The van der Waals surface area contributed by atoms with Crippen molar-refractivity contribution in [2.75, 3.05) is 26.2 Å². The summed E-state index contributed by atoms with van der Waals surface area (Å²) in [6.45, 7) is 7.55. The Hall–Kier alpha value is -1.86. The average Bonchev–Trinajstić information content (AvgIpc) is 3.36. The molecule has 4 heterocycles. The highest BCUT2D eigenvalue weighted by atomic mass is 32.1. The van der Waals surface area contributed by atoms with Gasteiger partial charge >= 0.3 is 6.03 Å². The SMILES string of the molecule is Cc1ccc(CN2Cc3ccnn3[C@H](CCNC(=O)N3CCCC3)C2)s1. The van der Waals surface area contributed by atoms with Gasteiger partial charge in [0.15, 0.2) is 0 Å². The molecule has 140 valence electrons. The van der Waals surface area contributed by atoms with Crippen molar-refractivity contribution in [3.05, 3.63) is 39.8 Å². The quantitative estimate of drug-likeness (QED) is 0.877. The molecular formula is C19H27N5OS. The van der Waals surface area contributed by atoms with Crippen LogP contribution >= 0.6 is 11.3 Å². The molecule has 0 aromatic carbocycles. The van der Waals surface area contributed by atoms with Crippen LogP contribution < -0.4 is 5.32 Å². The van der Waals surface area contributed by atoms with Crippen molar-refractivity contribution >= 4 is 17.4 Å². The van der Waals surface area contributed by atoms with Gasteiger partial charge in [-0.15, -0.1) is 11.3 Å². The predicted octanol–water partition coefficient (Wildman–Crippen LogP) is 3.01. The van der Waals surface area contributed by atoms with Crippen molar-refractivity contribution < 1.29 is 4.79 Å². The summed E-state index contributed by atoms with van der Waals surface area (Å²) < 4.78 is 2.15. The molecule has 6 nitrogen and oxygen atoms in total. The Morgan fingerprint density at radius 1 is 1.31 bits per heavy atom. The third-order valence-corrected chi connectivity index (χ3v) is 6.26. The molecule has 2 aliphatic heterocycles. The number of amides is 2. The van der Waals surface area contributed by atoms with Gasteiger partial charge in [-0.2, -0.15) is 5.10 Å². The Labute approximate surface area is 158 Å². The first-order valence-corrected chi connectivity index (χ1v) is 10.3. The fourth-order valence-electron chi connectivity index (χ4n) is 3.97. The van der Waals surface area contributed by atoms with Gasteiger partial charge in [-0.05, 0) is 44.4 Å².